The Hall–Kier alpha value is -3.39. The van der Waals surface area contributed by atoms with Crippen LogP contribution in [-0.2, 0) is 19.1 Å². The van der Waals surface area contributed by atoms with Crippen LogP contribution in [0.4, 0.5) is 4.79 Å². The van der Waals surface area contributed by atoms with Crippen LogP contribution >= 0.6 is 0 Å². The van der Waals surface area contributed by atoms with Gasteiger partial charge in [0.1, 0.15) is 12.6 Å². The average Bonchev–Trinajstić information content (AvgIpc) is 3.15. The summed E-state index contributed by atoms with van der Waals surface area (Å²) in [5.41, 5.74) is 4.36. The average molecular weight is 467 g/mol. The van der Waals surface area contributed by atoms with Gasteiger partial charge in [0.05, 0.1) is 25.2 Å². The number of nitrogens with one attached hydrogen (secondary N) is 1. The van der Waals surface area contributed by atoms with Gasteiger partial charge in [-0.25, -0.2) is 4.79 Å². The van der Waals surface area contributed by atoms with E-state index < -0.39 is 30.4 Å². The fourth-order valence-electron chi connectivity index (χ4n) is 4.73. The van der Waals surface area contributed by atoms with Gasteiger partial charge in [0, 0.05) is 12.5 Å². The molecule has 2 N–H and O–H groups in total. The van der Waals surface area contributed by atoms with Crippen molar-refractivity contribution in [2.24, 2.45) is 0 Å². The number of ether oxygens (including phenoxy) is 2. The summed E-state index contributed by atoms with van der Waals surface area (Å²) in [6.45, 7) is 4.62. The molecule has 1 fully saturated rings. The predicted octanol–water partition coefficient (Wildman–Crippen LogP) is 3.39. The Kier molecular flexibility index (Phi) is 7.17. The molecule has 34 heavy (non-hydrogen) atoms. The van der Waals surface area contributed by atoms with Gasteiger partial charge in [0.15, 0.2) is 0 Å². The summed E-state index contributed by atoms with van der Waals surface area (Å²) in [7, 11) is 0. The first-order valence-electron chi connectivity index (χ1n) is 11.6. The van der Waals surface area contributed by atoms with E-state index in [2.05, 4.69) is 5.32 Å². The molecule has 2 aromatic rings. The molecule has 0 spiro atoms. The lowest BCUT2D eigenvalue weighted by Crippen LogP contribution is -2.57. The summed E-state index contributed by atoms with van der Waals surface area (Å²) in [4.78, 5) is 38.9. The van der Waals surface area contributed by atoms with Crippen molar-refractivity contribution >= 4 is 18.0 Å². The van der Waals surface area contributed by atoms with Crippen molar-refractivity contribution in [1.29, 1.82) is 0 Å². The second-order valence-corrected chi connectivity index (χ2v) is 8.82. The highest BCUT2D eigenvalue weighted by Crippen LogP contribution is 2.44. The first-order chi connectivity index (χ1) is 16.4. The number of carboxylic acids is 1. The van der Waals surface area contributed by atoms with E-state index in [1.165, 1.54) is 0 Å². The van der Waals surface area contributed by atoms with Crippen molar-refractivity contribution in [1.82, 2.24) is 10.2 Å². The number of morpholine rings is 1. The third kappa shape index (κ3) is 4.92. The van der Waals surface area contributed by atoms with E-state index >= 15 is 0 Å². The minimum absolute atomic E-state index is 0.0830. The number of aliphatic carboxylic acids is 1. The molecule has 3 atom stereocenters. The van der Waals surface area contributed by atoms with E-state index in [0.717, 1.165) is 28.7 Å². The highest BCUT2D eigenvalue weighted by Gasteiger charge is 2.35. The minimum Gasteiger partial charge on any atom is -0.481 e. The molecular formula is C26H30N2O6. The van der Waals surface area contributed by atoms with Gasteiger partial charge in [-0.15, -0.1) is 0 Å². The first kappa shape index (κ1) is 23.8. The van der Waals surface area contributed by atoms with Gasteiger partial charge >= 0.3 is 12.1 Å². The van der Waals surface area contributed by atoms with Crippen molar-refractivity contribution < 1.29 is 29.0 Å². The van der Waals surface area contributed by atoms with E-state index in [-0.39, 0.29) is 24.7 Å². The van der Waals surface area contributed by atoms with Crippen LogP contribution in [-0.4, -0.2) is 65.9 Å². The lowest BCUT2D eigenvalue weighted by molar-refractivity contribution is -0.150. The molecule has 8 nitrogen and oxygen atoms in total. The highest BCUT2D eigenvalue weighted by atomic mass is 16.5. The van der Waals surface area contributed by atoms with E-state index in [9.17, 15) is 19.5 Å². The van der Waals surface area contributed by atoms with Crippen LogP contribution < -0.4 is 5.32 Å². The fourth-order valence-corrected chi connectivity index (χ4v) is 4.73. The summed E-state index contributed by atoms with van der Waals surface area (Å²) in [5, 5.41) is 11.8. The zero-order valence-corrected chi connectivity index (χ0v) is 19.4. The second kappa shape index (κ2) is 10.3. The fraction of sp³-hybridized carbons (Fsp3) is 0.423. The SMILES string of the molecule is CCC1CN(C(=O)C(CC(=O)O)NC(=O)OCC2c3ccccc3-c3ccccc32)C(C)CO1. The van der Waals surface area contributed by atoms with Gasteiger partial charge in [0.2, 0.25) is 5.91 Å². The number of carbonyl (C=O) groups excluding carboxylic acids is 2. The summed E-state index contributed by atoms with van der Waals surface area (Å²) in [6.07, 6.45) is -0.710. The maximum absolute atomic E-state index is 13.2. The number of alkyl carbamates (subject to hydrolysis) is 1. The molecule has 1 aliphatic heterocycles. The summed E-state index contributed by atoms with van der Waals surface area (Å²) in [6, 6.07) is 14.5. The number of rotatable bonds is 7. The van der Waals surface area contributed by atoms with Crippen molar-refractivity contribution in [2.75, 3.05) is 19.8 Å². The van der Waals surface area contributed by atoms with Gasteiger partial charge in [-0.05, 0) is 35.6 Å². The number of fused-ring (bicyclic) bond motifs is 3. The normalized spacial score (nSPS) is 20.2. The molecule has 0 radical (unpaired) electrons. The molecule has 4 rings (SSSR count). The number of carboxylic acid groups (broad SMARTS) is 1. The monoisotopic (exact) mass is 466 g/mol. The smallest absolute Gasteiger partial charge is 0.407 e. The molecule has 3 unspecified atom stereocenters. The number of benzene rings is 2. The Morgan fingerprint density at radius 1 is 1.12 bits per heavy atom. The van der Waals surface area contributed by atoms with Crippen LogP contribution in [0.25, 0.3) is 11.1 Å². The quantitative estimate of drug-likeness (QED) is 0.648. The zero-order valence-electron chi connectivity index (χ0n) is 19.4. The molecule has 1 saturated heterocycles. The number of amides is 2. The van der Waals surface area contributed by atoms with Crippen molar-refractivity contribution in [2.45, 2.75) is 50.8 Å². The molecule has 2 aliphatic rings. The van der Waals surface area contributed by atoms with Crippen molar-refractivity contribution in [3.63, 3.8) is 0 Å². The van der Waals surface area contributed by atoms with Gasteiger partial charge in [-0.1, -0.05) is 55.5 Å². The van der Waals surface area contributed by atoms with Gasteiger partial charge < -0.3 is 24.8 Å². The molecule has 8 heteroatoms. The zero-order chi connectivity index (χ0) is 24.2. The molecule has 1 heterocycles. The van der Waals surface area contributed by atoms with Gasteiger partial charge in [-0.3, -0.25) is 9.59 Å². The van der Waals surface area contributed by atoms with Crippen LogP contribution in [0, 0.1) is 0 Å². The molecule has 180 valence electrons. The first-order valence-corrected chi connectivity index (χ1v) is 11.6. The summed E-state index contributed by atoms with van der Waals surface area (Å²) in [5.74, 6) is -1.74. The molecular weight excluding hydrogens is 436 g/mol. The Morgan fingerprint density at radius 3 is 2.32 bits per heavy atom. The Balaban J connectivity index is 1.44. The standard InChI is InChI=1S/C26H30N2O6/c1-3-17-13-28(16(2)14-33-17)25(31)23(12-24(29)30)27-26(32)34-15-22-20-10-6-4-8-18(20)19-9-5-7-11-21(19)22/h4-11,16-17,22-23H,3,12-15H2,1-2H3,(H,27,32)(H,29,30). The molecule has 0 bridgehead atoms. The Morgan fingerprint density at radius 2 is 1.74 bits per heavy atom. The number of nitrogens with zero attached hydrogens (tertiary/aromatic N) is 1. The Labute approximate surface area is 198 Å². The largest absolute Gasteiger partial charge is 0.481 e. The lowest BCUT2D eigenvalue weighted by atomic mass is 9.98. The van der Waals surface area contributed by atoms with Crippen LogP contribution in [0.1, 0.15) is 43.7 Å². The number of carbonyl (C=O) groups is 3. The van der Waals surface area contributed by atoms with E-state index in [1.807, 2.05) is 62.4 Å². The van der Waals surface area contributed by atoms with E-state index in [0.29, 0.717) is 13.2 Å². The van der Waals surface area contributed by atoms with Crippen LogP contribution in [0.5, 0.6) is 0 Å². The van der Waals surface area contributed by atoms with Crippen molar-refractivity contribution in [3.05, 3.63) is 59.7 Å². The third-order valence-corrected chi connectivity index (χ3v) is 6.56. The van der Waals surface area contributed by atoms with E-state index in [4.69, 9.17) is 9.47 Å². The lowest BCUT2D eigenvalue weighted by Gasteiger charge is -2.39. The van der Waals surface area contributed by atoms with Crippen LogP contribution in [0.15, 0.2) is 48.5 Å². The van der Waals surface area contributed by atoms with Crippen LogP contribution in [0.2, 0.25) is 0 Å². The molecule has 0 saturated carbocycles. The number of hydrogen-bond donors (Lipinski definition) is 2. The van der Waals surface area contributed by atoms with Gasteiger partial charge in [0.25, 0.3) is 0 Å². The molecule has 0 aromatic heterocycles. The highest BCUT2D eigenvalue weighted by molar-refractivity contribution is 5.89. The second-order valence-electron chi connectivity index (χ2n) is 8.82. The summed E-state index contributed by atoms with van der Waals surface area (Å²) < 4.78 is 11.2. The van der Waals surface area contributed by atoms with Gasteiger partial charge in [-0.2, -0.15) is 0 Å². The molecule has 2 amide bonds. The molecule has 1 aliphatic carbocycles. The van der Waals surface area contributed by atoms with E-state index in [1.54, 1.807) is 4.90 Å². The Bertz CT molecular complexity index is 1030. The predicted molar refractivity (Wildman–Crippen MR) is 125 cm³/mol. The topological polar surface area (TPSA) is 105 Å². The van der Waals surface area contributed by atoms with Crippen LogP contribution in [0.3, 0.4) is 0 Å². The van der Waals surface area contributed by atoms with Crippen molar-refractivity contribution in [3.8, 4) is 11.1 Å². The third-order valence-electron chi connectivity index (χ3n) is 6.56. The minimum atomic E-state index is -1.22. The number of hydrogen-bond acceptors (Lipinski definition) is 5. The maximum atomic E-state index is 13.2. The molecule has 2 aromatic carbocycles. The summed E-state index contributed by atoms with van der Waals surface area (Å²) >= 11 is 0. The maximum Gasteiger partial charge on any atom is 0.407 e.